The van der Waals surface area contributed by atoms with Gasteiger partial charge in [0.05, 0.1) is 50.2 Å². The summed E-state index contributed by atoms with van der Waals surface area (Å²) in [6.45, 7) is 4.42. The molecule has 7 heteroatoms. The molecular weight excluding hydrogens is 327 g/mol. The van der Waals surface area contributed by atoms with Crippen LogP contribution >= 0.6 is 11.3 Å². The summed E-state index contributed by atoms with van der Waals surface area (Å²) >= 11 is 1.66. The van der Waals surface area contributed by atoms with Gasteiger partial charge in [0.2, 0.25) is 0 Å². The maximum atomic E-state index is 13.7. The summed E-state index contributed by atoms with van der Waals surface area (Å²) in [6, 6.07) is 6.71. The van der Waals surface area contributed by atoms with E-state index in [0.717, 1.165) is 22.1 Å². The smallest absolute Gasteiger partial charge is 0.140 e. The van der Waals surface area contributed by atoms with Crippen LogP contribution in [0.15, 0.2) is 29.3 Å². The lowest BCUT2D eigenvalue weighted by Gasteiger charge is -2.45. The monoisotopic (exact) mass is 346 g/mol. The van der Waals surface area contributed by atoms with Crippen molar-refractivity contribution in [2.75, 3.05) is 38.5 Å². The number of nitrogens with zero attached hydrogens (tertiary/aromatic N) is 3. The number of piperazine rings is 1. The topological polar surface area (TPSA) is 50.7 Å². The van der Waals surface area contributed by atoms with Gasteiger partial charge in [0.25, 0.3) is 0 Å². The molecule has 4 rings (SSSR count). The van der Waals surface area contributed by atoms with Crippen molar-refractivity contribution >= 4 is 33.5 Å². The normalized spacial score (nSPS) is 19.0. The van der Waals surface area contributed by atoms with E-state index in [1.165, 1.54) is 17.0 Å². The van der Waals surface area contributed by atoms with Gasteiger partial charge in [-0.2, -0.15) is 0 Å². The fraction of sp³-hybridized carbons (Fsp3) is 0.353. The number of aryl methyl sites for hydroxylation is 1. The molecule has 0 atom stereocenters. The minimum atomic E-state index is -0.303. The largest absolute Gasteiger partial charge is 0.633 e. The lowest BCUT2D eigenvalue weighted by molar-refractivity contribution is -0.864. The van der Waals surface area contributed by atoms with E-state index in [4.69, 9.17) is 4.99 Å². The summed E-state index contributed by atoms with van der Waals surface area (Å²) in [5.41, 5.74) is 2.42. The second-order valence-corrected chi connectivity index (χ2v) is 7.81. The Hall–Kier alpha value is -1.96. The highest BCUT2D eigenvalue weighted by Crippen LogP contribution is 2.39. The van der Waals surface area contributed by atoms with E-state index in [2.05, 4.69) is 23.2 Å². The van der Waals surface area contributed by atoms with Crippen molar-refractivity contribution in [2.45, 2.75) is 6.92 Å². The minimum Gasteiger partial charge on any atom is -0.633 e. The number of halogens is 1. The number of amidine groups is 1. The van der Waals surface area contributed by atoms with Gasteiger partial charge in [0, 0.05) is 10.9 Å². The second-order valence-electron chi connectivity index (χ2n) is 6.55. The molecule has 0 spiro atoms. The maximum absolute atomic E-state index is 13.7. The molecule has 2 aromatic rings. The van der Waals surface area contributed by atoms with Gasteiger partial charge in [-0.25, -0.2) is 9.38 Å². The van der Waals surface area contributed by atoms with Crippen molar-refractivity contribution in [1.29, 1.82) is 0 Å². The number of hydrogen-bond donors (Lipinski definition) is 1. The molecule has 2 aliphatic rings. The molecular formula is C17H19FN4OS. The number of aliphatic imine (C=N–C) groups is 1. The van der Waals surface area contributed by atoms with Crippen molar-refractivity contribution in [3.05, 3.63) is 45.7 Å². The number of benzene rings is 1. The molecule has 1 aromatic heterocycles. The fourth-order valence-electron chi connectivity index (χ4n) is 3.11. The maximum Gasteiger partial charge on any atom is 0.140 e. The van der Waals surface area contributed by atoms with Gasteiger partial charge < -0.3 is 20.1 Å². The second kappa shape index (κ2) is 5.54. The van der Waals surface area contributed by atoms with Gasteiger partial charge in [-0.15, -0.1) is 11.3 Å². The molecule has 0 amide bonds. The van der Waals surface area contributed by atoms with Crippen LogP contribution in [0.2, 0.25) is 0 Å². The molecule has 1 aromatic carbocycles. The molecule has 1 saturated heterocycles. The molecule has 0 radical (unpaired) electrons. The Balaban J connectivity index is 1.80. The van der Waals surface area contributed by atoms with Gasteiger partial charge in [-0.05, 0) is 25.1 Å². The van der Waals surface area contributed by atoms with Crippen LogP contribution in [0.25, 0.3) is 0 Å². The van der Waals surface area contributed by atoms with Crippen LogP contribution in [0.1, 0.15) is 10.4 Å². The molecule has 0 unspecified atom stereocenters. The number of likely N-dealkylation sites (N-methyl/N-ethyl adjacent to an activating group) is 1. The van der Waals surface area contributed by atoms with Crippen LogP contribution in [0, 0.1) is 17.9 Å². The third-order valence-corrected chi connectivity index (χ3v) is 5.48. The van der Waals surface area contributed by atoms with E-state index in [1.54, 1.807) is 24.5 Å². The minimum absolute atomic E-state index is 0.219. The predicted molar refractivity (Wildman–Crippen MR) is 95.8 cm³/mol. The first-order valence-corrected chi connectivity index (χ1v) is 8.79. The van der Waals surface area contributed by atoms with Gasteiger partial charge >= 0.3 is 0 Å². The average Bonchev–Trinajstić information content (AvgIpc) is 2.81. The van der Waals surface area contributed by atoms with Crippen LogP contribution < -0.4 is 5.32 Å². The van der Waals surface area contributed by atoms with Crippen LogP contribution in [0.3, 0.4) is 0 Å². The summed E-state index contributed by atoms with van der Waals surface area (Å²) in [4.78, 5) is 8.09. The number of hydrogen-bond acceptors (Lipinski definition) is 5. The van der Waals surface area contributed by atoms with Crippen LogP contribution in [0.5, 0.6) is 0 Å². The molecule has 1 fully saturated rings. The third-order valence-electron chi connectivity index (χ3n) is 4.52. The van der Waals surface area contributed by atoms with E-state index in [1.807, 2.05) is 0 Å². The van der Waals surface area contributed by atoms with Crippen LogP contribution in [-0.4, -0.2) is 48.6 Å². The first-order valence-electron chi connectivity index (χ1n) is 7.98. The summed E-state index contributed by atoms with van der Waals surface area (Å²) < 4.78 is 13.4. The van der Waals surface area contributed by atoms with Gasteiger partial charge in [-0.3, -0.25) is 0 Å². The van der Waals surface area contributed by atoms with E-state index < -0.39 is 0 Å². The van der Waals surface area contributed by atoms with Gasteiger partial charge in [-0.1, -0.05) is 0 Å². The fourth-order valence-corrected chi connectivity index (χ4v) is 4.03. The lowest BCUT2D eigenvalue weighted by atomic mass is 10.2. The summed E-state index contributed by atoms with van der Waals surface area (Å²) in [5.74, 6) is 0.522. The SMILES string of the molecule is Cc1cc2c(s1)Nc1ccc(F)cc1N=C2N1CC[N+](C)([O-])CC1. The van der Waals surface area contributed by atoms with Crippen LogP contribution in [-0.2, 0) is 0 Å². The zero-order chi connectivity index (χ0) is 16.9. The Labute approximate surface area is 144 Å². The van der Waals surface area contributed by atoms with E-state index >= 15 is 0 Å². The Morgan fingerprint density at radius 2 is 2.04 bits per heavy atom. The van der Waals surface area contributed by atoms with Crippen molar-refractivity contribution in [1.82, 2.24) is 4.90 Å². The number of thiophene rings is 1. The van der Waals surface area contributed by atoms with E-state index in [9.17, 15) is 9.60 Å². The molecule has 126 valence electrons. The summed E-state index contributed by atoms with van der Waals surface area (Å²) in [5, 5.41) is 16.5. The third kappa shape index (κ3) is 2.79. The van der Waals surface area contributed by atoms with E-state index in [0.29, 0.717) is 31.9 Å². The number of fused-ring (bicyclic) bond motifs is 2. The molecule has 2 aliphatic heterocycles. The molecule has 0 saturated carbocycles. The zero-order valence-corrected chi connectivity index (χ0v) is 14.5. The first kappa shape index (κ1) is 15.6. The quantitative estimate of drug-likeness (QED) is 0.586. The highest BCUT2D eigenvalue weighted by atomic mass is 32.1. The Morgan fingerprint density at radius 3 is 2.79 bits per heavy atom. The summed E-state index contributed by atoms with van der Waals surface area (Å²) in [6.07, 6.45) is 0. The average molecular weight is 346 g/mol. The van der Waals surface area contributed by atoms with Crippen molar-refractivity contribution in [3.63, 3.8) is 0 Å². The number of nitrogens with one attached hydrogen (secondary N) is 1. The zero-order valence-electron chi connectivity index (χ0n) is 13.7. The molecule has 0 bridgehead atoms. The van der Waals surface area contributed by atoms with Gasteiger partial charge in [0.1, 0.15) is 16.7 Å². The molecule has 0 aliphatic carbocycles. The Morgan fingerprint density at radius 1 is 1.29 bits per heavy atom. The standard InChI is InChI=1S/C17H19FN4OS/c1-11-9-13-16(21-5-7-22(2,23)8-6-21)19-15-10-12(18)3-4-14(15)20-17(13)24-11/h3-4,9-10,20H,5-8H2,1-2H3. The number of quaternary nitrogens is 1. The predicted octanol–water partition coefficient (Wildman–Crippen LogP) is 3.59. The number of anilines is 2. The number of rotatable bonds is 0. The Bertz CT molecular complexity index is 820. The molecule has 24 heavy (non-hydrogen) atoms. The van der Waals surface area contributed by atoms with Gasteiger partial charge in [0.15, 0.2) is 0 Å². The van der Waals surface area contributed by atoms with Crippen molar-refractivity contribution in [3.8, 4) is 0 Å². The first-order chi connectivity index (χ1) is 11.4. The molecule has 1 N–H and O–H groups in total. The molecule has 3 heterocycles. The summed E-state index contributed by atoms with van der Waals surface area (Å²) in [7, 11) is 1.71. The van der Waals surface area contributed by atoms with E-state index in [-0.39, 0.29) is 10.5 Å². The van der Waals surface area contributed by atoms with Crippen molar-refractivity contribution in [2.24, 2.45) is 4.99 Å². The highest BCUT2D eigenvalue weighted by molar-refractivity contribution is 7.16. The van der Waals surface area contributed by atoms with Crippen LogP contribution in [0.4, 0.5) is 20.8 Å². The Kier molecular flexibility index (Phi) is 3.59. The highest BCUT2D eigenvalue weighted by Gasteiger charge is 2.28. The lowest BCUT2D eigenvalue weighted by Crippen LogP contribution is -2.55. The number of hydroxylamine groups is 3. The van der Waals surface area contributed by atoms with Crippen molar-refractivity contribution < 1.29 is 9.04 Å². The molecule has 5 nitrogen and oxygen atoms in total.